The monoisotopic (exact) mass is 298 g/mol. The molecule has 0 aromatic carbocycles. The molecule has 2 rings (SSSR count). The fraction of sp³-hybridized carbons (Fsp3) is 0.250. The summed E-state index contributed by atoms with van der Waals surface area (Å²) < 4.78 is 6.28. The number of halogens is 1. The van der Waals surface area contributed by atoms with Crippen molar-refractivity contribution in [3.05, 3.63) is 44.4 Å². The van der Waals surface area contributed by atoms with Crippen molar-refractivity contribution in [3.63, 3.8) is 0 Å². The van der Waals surface area contributed by atoms with Gasteiger partial charge in [0.2, 0.25) is 0 Å². The second-order valence-corrected chi connectivity index (χ2v) is 5.35. The number of furan rings is 1. The minimum Gasteiger partial charge on any atom is -0.469 e. The van der Waals surface area contributed by atoms with E-state index in [9.17, 15) is 4.79 Å². The number of hydrogen-bond donors (Lipinski definition) is 0. The number of Topliss-reactive ketones (excluding diaryl/α,β-unsaturated/α-hetero) is 1. The standard InChI is InChI=1S/C12H11BrO2S/c1-2-12-10(3-4-15-12)11(14)6-9-5-8(13)7-16-9/h3-5,7H,2,6H2,1H3. The van der Waals surface area contributed by atoms with Crippen LogP contribution in [0.2, 0.25) is 0 Å². The first-order valence-corrected chi connectivity index (χ1v) is 6.70. The minimum atomic E-state index is 0.125. The first-order chi connectivity index (χ1) is 7.70. The molecular weight excluding hydrogens is 288 g/mol. The number of rotatable bonds is 4. The Balaban J connectivity index is 2.14. The van der Waals surface area contributed by atoms with E-state index in [1.165, 1.54) is 0 Å². The molecule has 0 unspecified atom stereocenters. The van der Waals surface area contributed by atoms with E-state index in [0.717, 1.165) is 21.5 Å². The van der Waals surface area contributed by atoms with Crippen LogP contribution in [0.1, 0.15) is 27.9 Å². The minimum absolute atomic E-state index is 0.125. The molecule has 4 heteroatoms. The predicted molar refractivity (Wildman–Crippen MR) is 68.1 cm³/mol. The van der Waals surface area contributed by atoms with Gasteiger partial charge in [-0.3, -0.25) is 4.79 Å². The van der Waals surface area contributed by atoms with Crippen molar-refractivity contribution < 1.29 is 9.21 Å². The first kappa shape index (κ1) is 11.6. The first-order valence-electron chi connectivity index (χ1n) is 5.03. The lowest BCUT2D eigenvalue weighted by atomic mass is 10.1. The highest BCUT2D eigenvalue weighted by atomic mass is 79.9. The molecule has 0 fully saturated rings. The van der Waals surface area contributed by atoms with Gasteiger partial charge in [0.1, 0.15) is 5.76 Å². The van der Waals surface area contributed by atoms with Crippen LogP contribution >= 0.6 is 27.3 Å². The third-order valence-corrected chi connectivity index (χ3v) is 4.02. The van der Waals surface area contributed by atoms with Gasteiger partial charge in [0, 0.05) is 27.6 Å². The molecule has 84 valence electrons. The van der Waals surface area contributed by atoms with E-state index >= 15 is 0 Å². The lowest BCUT2D eigenvalue weighted by molar-refractivity contribution is 0.0992. The summed E-state index contributed by atoms with van der Waals surface area (Å²) >= 11 is 4.97. The third-order valence-electron chi connectivity index (χ3n) is 2.32. The average Bonchev–Trinajstić information content (AvgIpc) is 2.86. The molecule has 16 heavy (non-hydrogen) atoms. The van der Waals surface area contributed by atoms with Gasteiger partial charge >= 0.3 is 0 Å². The maximum Gasteiger partial charge on any atom is 0.171 e. The van der Waals surface area contributed by atoms with Crippen molar-refractivity contribution in [2.75, 3.05) is 0 Å². The molecule has 2 nitrogen and oxygen atoms in total. The summed E-state index contributed by atoms with van der Waals surface area (Å²) in [5.74, 6) is 0.903. The van der Waals surface area contributed by atoms with Gasteiger partial charge < -0.3 is 4.42 Å². The van der Waals surface area contributed by atoms with Gasteiger partial charge in [0.15, 0.2) is 5.78 Å². The van der Waals surface area contributed by atoms with Gasteiger partial charge in [-0.05, 0) is 28.1 Å². The van der Waals surface area contributed by atoms with Crippen molar-refractivity contribution in [1.82, 2.24) is 0 Å². The van der Waals surface area contributed by atoms with Crippen LogP contribution in [0.5, 0.6) is 0 Å². The van der Waals surface area contributed by atoms with Crippen LogP contribution in [0, 0.1) is 0 Å². The molecule has 2 heterocycles. The molecule has 0 amide bonds. The van der Waals surface area contributed by atoms with Crippen LogP contribution in [0.15, 0.2) is 32.7 Å². The number of carbonyl (C=O) groups is 1. The number of aryl methyl sites for hydroxylation is 1. The van der Waals surface area contributed by atoms with Crippen LogP contribution < -0.4 is 0 Å². The number of ketones is 1. The SMILES string of the molecule is CCc1occc1C(=O)Cc1cc(Br)cs1. The molecule has 0 radical (unpaired) electrons. The third kappa shape index (κ3) is 2.44. The zero-order chi connectivity index (χ0) is 11.5. The number of hydrogen-bond acceptors (Lipinski definition) is 3. The highest BCUT2D eigenvalue weighted by Crippen LogP contribution is 2.22. The van der Waals surface area contributed by atoms with E-state index in [-0.39, 0.29) is 5.78 Å². The van der Waals surface area contributed by atoms with Gasteiger partial charge in [0.05, 0.1) is 11.8 Å². The number of carbonyl (C=O) groups excluding carboxylic acids is 1. The van der Waals surface area contributed by atoms with E-state index < -0.39 is 0 Å². The van der Waals surface area contributed by atoms with Gasteiger partial charge in [-0.15, -0.1) is 11.3 Å². The second-order valence-electron chi connectivity index (χ2n) is 3.44. The second kappa shape index (κ2) is 4.97. The van der Waals surface area contributed by atoms with Crippen molar-refractivity contribution in [3.8, 4) is 0 Å². The Morgan fingerprint density at radius 2 is 2.38 bits per heavy atom. The summed E-state index contributed by atoms with van der Waals surface area (Å²) in [7, 11) is 0. The normalized spacial score (nSPS) is 10.6. The molecule has 2 aromatic rings. The fourth-order valence-corrected chi connectivity index (χ4v) is 3.01. The van der Waals surface area contributed by atoms with Crippen LogP contribution in [0.4, 0.5) is 0 Å². The van der Waals surface area contributed by atoms with E-state index in [1.807, 2.05) is 18.4 Å². The molecule has 0 aliphatic carbocycles. The molecule has 0 spiro atoms. The Morgan fingerprint density at radius 3 is 3.00 bits per heavy atom. The van der Waals surface area contributed by atoms with Crippen LogP contribution in [-0.4, -0.2) is 5.78 Å². The summed E-state index contributed by atoms with van der Waals surface area (Å²) in [5, 5.41) is 1.98. The molecule has 2 aromatic heterocycles. The average molecular weight is 299 g/mol. The Kier molecular flexibility index (Phi) is 3.61. The summed E-state index contributed by atoms with van der Waals surface area (Å²) in [4.78, 5) is 13.1. The number of thiophene rings is 1. The van der Waals surface area contributed by atoms with Crippen molar-refractivity contribution in [1.29, 1.82) is 0 Å². The van der Waals surface area contributed by atoms with Crippen molar-refractivity contribution in [2.45, 2.75) is 19.8 Å². The zero-order valence-corrected chi connectivity index (χ0v) is 11.2. The van der Waals surface area contributed by atoms with Crippen molar-refractivity contribution in [2.24, 2.45) is 0 Å². The Bertz CT molecular complexity index is 499. The van der Waals surface area contributed by atoms with Gasteiger partial charge in [-0.2, -0.15) is 0 Å². The van der Waals surface area contributed by atoms with E-state index in [0.29, 0.717) is 12.0 Å². The molecule has 0 saturated carbocycles. The highest BCUT2D eigenvalue weighted by Gasteiger charge is 2.14. The highest BCUT2D eigenvalue weighted by molar-refractivity contribution is 9.10. The van der Waals surface area contributed by atoms with Gasteiger partial charge in [-0.1, -0.05) is 6.92 Å². The molecule has 0 aliphatic rings. The Morgan fingerprint density at radius 1 is 1.56 bits per heavy atom. The van der Waals surface area contributed by atoms with E-state index in [1.54, 1.807) is 23.7 Å². The molecule has 0 bridgehead atoms. The van der Waals surface area contributed by atoms with E-state index in [4.69, 9.17) is 4.42 Å². The lowest BCUT2D eigenvalue weighted by Crippen LogP contribution is -2.03. The smallest absolute Gasteiger partial charge is 0.171 e. The fourth-order valence-electron chi connectivity index (χ4n) is 1.56. The molecule has 0 saturated heterocycles. The summed E-state index contributed by atoms with van der Waals surface area (Å²) in [6.45, 7) is 1.98. The predicted octanol–water partition coefficient (Wildman–Crippen LogP) is 4.09. The van der Waals surface area contributed by atoms with Crippen LogP contribution in [0.25, 0.3) is 0 Å². The maximum atomic E-state index is 12.0. The topological polar surface area (TPSA) is 30.2 Å². The largest absolute Gasteiger partial charge is 0.469 e. The molecule has 0 aliphatic heterocycles. The summed E-state index contributed by atoms with van der Waals surface area (Å²) in [6.07, 6.45) is 2.78. The molecule has 0 N–H and O–H groups in total. The van der Waals surface area contributed by atoms with Crippen LogP contribution in [-0.2, 0) is 12.8 Å². The Hall–Kier alpha value is -0.870. The quantitative estimate of drug-likeness (QED) is 0.796. The molecular formula is C12H11BrO2S. The Labute approximate surface area is 106 Å². The van der Waals surface area contributed by atoms with E-state index in [2.05, 4.69) is 15.9 Å². The zero-order valence-electron chi connectivity index (χ0n) is 8.83. The summed E-state index contributed by atoms with van der Waals surface area (Å²) in [5.41, 5.74) is 0.715. The summed E-state index contributed by atoms with van der Waals surface area (Å²) in [6, 6.07) is 3.73. The van der Waals surface area contributed by atoms with Crippen LogP contribution in [0.3, 0.4) is 0 Å². The van der Waals surface area contributed by atoms with Gasteiger partial charge in [0.25, 0.3) is 0 Å². The lowest BCUT2D eigenvalue weighted by Gasteiger charge is -1.98. The molecule has 0 atom stereocenters. The van der Waals surface area contributed by atoms with Gasteiger partial charge in [-0.25, -0.2) is 0 Å². The van der Waals surface area contributed by atoms with Crippen molar-refractivity contribution >= 4 is 33.0 Å². The maximum absolute atomic E-state index is 12.0.